The van der Waals surface area contributed by atoms with Crippen LogP contribution in [0.5, 0.6) is 0 Å². The predicted molar refractivity (Wildman–Crippen MR) is 51.4 cm³/mol. The zero-order valence-electron chi connectivity index (χ0n) is 7.12. The third-order valence-corrected chi connectivity index (χ3v) is 2.33. The Labute approximate surface area is 80.9 Å². The second-order valence-corrected chi connectivity index (χ2v) is 3.50. The molecule has 70 valence electrons. The monoisotopic (exact) mass is 199 g/mol. The molecule has 0 unspecified atom stereocenters. The van der Waals surface area contributed by atoms with Gasteiger partial charge in [0.05, 0.1) is 0 Å². The van der Waals surface area contributed by atoms with Crippen LogP contribution in [0, 0.1) is 0 Å². The van der Waals surface area contributed by atoms with Crippen LogP contribution in [0.2, 0.25) is 5.22 Å². The Kier molecular flexibility index (Phi) is 2.27. The van der Waals surface area contributed by atoms with Crippen molar-refractivity contribution < 1.29 is 4.42 Å². The third kappa shape index (κ3) is 1.86. The number of hydrogen-bond acceptors (Lipinski definition) is 3. The Morgan fingerprint density at radius 2 is 2.00 bits per heavy atom. The maximum Gasteiger partial charge on any atom is 0.201 e. The third-order valence-electron chi connectivity index (χ3n) is 2.14. The van der Waals surface area contributed by atoms with Crippen LogP contribution in [0.3, 0.4) is 0 Å². The van der Waals surface area contributed by atoms with Crippen molar-refractivity contribution in [2.75, 3.05) is 18.0 Å². The molecule has 0 radical (unpaired) electrons. The van der Waals surface area contributed by atoms with Gasteiger partial charge in [0.2, 0.25) is 5.88 Å². The first kappa shape index (κ1) is 8.63. The van der Waals surface area contributed by atoms with Gasteiger partial charge in [0.15, 0.2) is 10.6 Å². The standard InChI is InChI=1S/C9H10ClNO2/c10-8-5-7(12)6-9(13-8)11-3-1-2-4-11/h5-6H,1-4H2. The van der Waals surface area contributed by atoms with Gasteiger partial charge in [0.1, 0.15) is 0 Å². The Bertz CT molecular complexity index is 355. The molecule has 2 heterocycles. The molecule has 0 N–H and O–H groups in total. The molecular weight excluding hydrogens is 190 g/mol. The maximum atomic E-state index is 11.1. The van der Waals surface area contributed by atoms with Crippen molar-refractivity contribution in [3.05, 3.63) is 27.6 Å². The molecule has 0 aliphatic carbocycles. The lowest BCUT2D eigenvalue weighted by Crippen LogP contribution is -2.19. The fraction of sp³-hybridized carbons (Fsp3) is 0.444. The highest BCUT2D eigenvalue weighted by Crippen LogP contribution is 2.21. The normalized spacial score (nSPS) is 16.5. The number of rotatable bonds is 1. The van der Waals surface area contributed by atoms with Crippen molar-refractivity contribution in [2.45, 2.75) is 12.8 Å². The van der Waals surface area contributed by atoms with E-state index >= 15 is 0 Å². The summed E-state index contributed by atoms with van der Waals surface area (Å²) in [6.45, 7) is 1.90. The highest BCUT2D eigenvalue weighted by atomic mass is 35.5. The molecule has 1 aliphatic heterocycles. The van der Waals surface area contributed by atoms with E-state index < -0.39 is 0 Å². The lowest BCUT2D eigenvalue weighted by Gasteiger charge is -2.14. The van der Waals surface area contributed by atoms with Gasteiger partial charge in [-0.1, -0.05) is 0 Å². The van der Waals surface area contributed by atoms with E-state index in [-0.39, 0.29) is 10.6 Å². The Balaban J connectivity index is 2.33. The van der Waals surface area contributed by atoms with Crippen LogP contribution in [0.4, 0.5) is 5.88 Å². The van der Waals surface area contributed by atoms with E-state index in [2.05, 4.69) is 0 Å². The SMILES string of the molecule is O=c1cc(Cl)oc(N2CCCC2)c1. The fourth-order valence-corrected chi connectivity index (χ4v) is 1.71. The highest BCUT2D eigenvalue weighted by Gasteiger charge is 2.14. The Morgan fingerprint density at radius 1 is 1.31 bits per heavy atom. The zero-order chi connectivity index (χ0) is 9.26. The molecule has 3 nitrogen and oxygen atoms in total. The van der Waals surface area contributed by atoms with Crippen molar-refractivity contribution in [1.29, 1.82) is 0 Å². The second-order valence-electron chi connectivity index (χ2n) is 3.13. The molecule has 13 heavy (non-hydrogen) atoms. The van der Waals surface area contributed by atoms with E-state index in [4.69, 9.17) is 16.0 Å². The minimum absolute atomic E-state index is 0.0989. The van der Waals surface area contributed by atoms with Gasteiger partial charge in [-0.05, 0) is 24.4 Å². The number of nitrogens with zero attached hydrogens (tertiary/aromatic N) is 1. The van der Waals surface area contributed by atoms with Crippen LogP contribution in [-0.2, 0) is 0 Å². The molecule has 0 spiro atoms. The average Bonchev–Trinajstić information content (AvgIpc) is 2.53. The predicted octanol–water partition coefficient (Wildman–Crippen LogP) is 1.89. The number of halogens is 1. The summed E-state index contributed by atoms with van der Waals surface area (Å²) in [5.74, 6) is 0.593. The van der Waals surface area contributed by atoms with Crippen LogP contribution < -0.4 is 10.3 Å². The van der Waals surface area contributed by atoms with Gasteiger partial charge >= 0.3 is 0 Å². The summed E-state index contributed by atoms with van der Waals surface area (Å²) < 4.78 is 5.23. The van der Waals surface area contributed by atoms with Crippen LogP contribution in [0.1, 0.15) is 12.8 Å². The van der Waals surface area contributed by atoms with Gasteiger partial charge in [-0.25, -0.2) is 0 Å². The van der Waals surface area contributed by atoms with E-state index in [0.29, 0.717) is 5.88 Å². The van der Waals surface area contributed by atoms with E-state index in [9.17, 15) is 4.79 Å². The first-order valence-electron chi connectivity index (χ1n) is 4.31. The van der Waals surface area contributed by atoms with Crippen molar-refractivity contribution >= 4 is 17.5 Å². The smallest absolute Gasteiger partial charge is 0.201 e. The molecule has 0 bridgehead atoms. The summed E-state index contributed by atoms with van der Waals surface area (Å²) in [5.41, 5.74) is -0.0989. The van der Waals surface area contributed by atoms with Gasteiger partial charge in [-0.3, -0.25) is 4.79 Å². The van der Waals surface area contributed by atoms with Gasteiger partial charge in [0.25, 0.3) is 0 Å². The number of anilines is 1. The van der Waals surface area contributed by atoms with Crippen LogP contribution in [0.15, 0.2) is 21.3 Å². The molecule has 4 heteroatoms. The first-order chi connectivity index (χ1) is 6.25. The summed E-state index contributed by atoms with van der Waals surface area (Å²) in [4.78, 5) is 13.1. The molecule has 1 fully saturated rings. The highest BCUT2D eigenvalue weighted by molar-refractivity contribution is 6.28. The van der Waals surface area contributed by atoms with Crippen LogP contribution >= 0.6 is 11.6 Å². The van der Waals surface area contributed by atoms with E-state index in [1.807, 2.05) is 4.90 Å². The van der Waals surface area contributed by atoms with Crippen molar-refractivity contribution in [2.24, 2.45) is 0 Å². The minimum Gasteiger partial charge on any atom is -0.429 e. The summed E-state index contributed by atoms with van der Waals surface area (Å²) in [5, 5.41) is 0.161. The van der Waals surface area contributed by atoms with Gasteiger partial charge < -0.3 is 9.32 Å². The minimum atomic E-state index is -0.0989. The molecule has 1 aromatic heterocycles. The molecule has 0 aromatic carbocycles. The lowest BCUT2D eigenvalue weighted by molar-refractivity contribution is 0.541. The van der Waals surface area contributed by atoms with Crippen molar-refractivity contribution in [3.8, 4) is 0 Å². The Morgan fingerprint density at radius 3 is 2.62 bits per heavy atom. The summed E-state index contributed by atoms with van der Waals surface area (Å²) in [7, 11) is 0. The summed E-state index contributed by atoms with van der Waals surface area (Å²) in [6.07, 6.45) is 2.30. The fourth-order valence-electron chi connectivity index (χ4n) is 1.53. The van der Waals surface area contributed by atoms with Gasteiger partial charge in [0, 0.05) is 25.2 Å². The quantitative estimate of drug-likeness (QED) is 0.693. The topological polar surface area (TPSA) is 33.5 Å². The van der Waals surface area contributed by atoms with E-state index in [0.717, 1.165) is 25.9 Å². The van der Waals surface area contributed by atoms with E-state index in [1.165, 1.54) is 12.1 Å². The Hall–Kier alpha value is -0.960. The molecule has 0 atom stereocenters. The van der Waals surface area contributed by atoms with Gasteiger partial charge in [-0.15, -0.1) is 0 Å². The summed E-state index contributed by atoms with van der Waals surface area (Å²) in [6, 6.07) is 2.76. The van der Waals surface area contributed by atoms with Crippen molar-refractivity contribution in [3.63, 3.8) is 0 Å². The maximum absolute atomic E-state index is 11.1. The molecule has 1 aliphatic rings. The zero-order valence-corrected chi connectivity index (χ0v) is 7.88. The molecular formula is C9H10ClNO2. The summed E-state index contributed by atoms with van der Waals surface area (Å²) >= 11 is 5.64. The molecule has 0 saturated carbocycles. The molecule has 0 amide bonds. The average molecular weight is 200 g/mol. The van der Waals surface area contributed by atoms with Gasteiger partial charge in [-0.2, -0.15) is 0 Å². The van der Waals surface area contributed by atoms with Crippen LogP contribution in [-0.4, -0.2) is 13.1 Å². The molecule has 1 aromatic rings. The van der Waals surface area contributed by atoms with Crippen molar-refractivity contribution in [1.82, 2.24) is 0 Å². The largest absolute Gasteiger partial charge is 0.429 e. The van der Waals surface area contributed by atoms with E-state index in [1.54, 1.807) is 0 Å². The first-order valence-corrected chi connectivity index (χ1v) is 4.69. The van der Waals surface area contributed by atoms with Crippen LogP contribution in [0.25, 0.3) is 0 Å². The molecule has 2 rings (SSSR count). The molecule has 1 saturated heterocycles. The second kappa shape index (κ2) is 3.42. The lowest BCUT2D eigenvalue weighted by atomic mass is 10.4. The number of hydrogen-bond donors (Lipinski definition) is 0.